The zero-order chi connectivity index (χ0) is 22.3. The van der Waals surface area contributed by atoms with Gasteiger partial charge in [0.25, 0.3) is 5.91 Å². The van der Waals surface area contributed by atoms with Crippen LogP contribution in [0, 0.1) is 0 Å². The third kappa shape index (κ3) is 5.09. The number of nitrogens with one attached hydrogen (secondary N) is 1. The molecule has 0 unspecified atom stereocenters. The number of amides is 1. The van der Waals surface area contributed by atoms with Crippen LogP contribution >= 0.6 is 0 Å². The summed E-state index contributed by atoms with van der Waals surface area (Å²) in [6.45, 7) is 6.79. The number of carbonyl (C=O) groups is 1. The zero-order valence-electron chi connectivity index (χ0n) is 18.4. The number of hydrazone groups is 1. The third-order valence-corrected chi connectivity index (χ3v) is 5.27. The SMILES string of the molecule is CCOc1ccc(/C=N\NC(=O)c2ccc3c(c2)CN(c2ccc(OCC)cc2)C3)cc1. The van der Waals surface area contributed by atoms with Gasteiger partial charge in [-0.1, -0.05) is 6.07 Å². The number of hydrogen-bond acceptors (Lipinski definition) is 5. The smallest absolute Gasteiger partial charge is 0.271 e. The highest BCUT2D eigenvalue weighted by atomic mass is 16.5. The van der Waals surface area contributed by atoms with Crippen LogP contribution in [0.15, 0.2) is 71.8 Å². The van der Waals surface area contributed by atoms with E-state index in [1.54, 1.807) is 6.21 Å². The molecule has 1 aliphatic heterocycles. The Labute approximate surface area is 188 Å². The summed E-state index contributed by atoms with van der Waals surface area (Å²) in [4.78, 5) is 14.8. The fourth-order valence-corrected chi connectivity index (χ4v) is 3.68. The van der Waals surface area contributed by atoms with Gasteiger partial charge in [-0.15, -0.1) is 0 Å². The molecule has 0 radical (unpaired) electrons. The van der Waals surface area contributed by atoms with Crippen molar-refractivity contribution in [1.82, 2.24) is 5.43 Å². The average molecular weight is 430 g/mol. The van der Waals surface area contributed by atoms with E-state index in [-0.39, 0.29) is 5.91 Å². The van der Waals surface area contributed by atoms with Gasteiger partial charge in [0.1, 0.15) is 11.5 Å². The van der Waals surface area contributed by atoms with E-state index in [0.29, 0.717) is 18.8 Å². The normalized spacial score (nSPS) is 12.6. The molecule has 1 N–H and O–H groups in total. The maximum Gasteiger partial charge on any atom is 0.271 e. The van der Waals surface area contributed by atoms with Crippen molar-refractivity contribution in [2.45, 2.75) is 26.9 Å². The van der Waals surface area contributed by atoms with Crippen molar-refractivity contribution in [1.29, 1.82) is 0 Å². The van der Waals surface area contributed by atoms with Crippen LogP contribution in [0.1, 0.15) is 40.9 Å². The van der Waals surface area contributed by atoms with Gasteiger partial charge in [0.2, 0.25) is 0 Å². The lowest BCUT2D eigenvalue weighted by molar-refractivity contribution is 0.0955. The van der Waals surface area contributed by atoms with Crippen molar-refractivity contribution < 1.29 is 14.3 Å². The Morgan fingerprint density at radius 3 is 2.19 bits per heavy atom. The van der Waals surface area contributed by atoms with Crippen molar-refractivity contribution in [2.75, 3.05) is 18.1 Å². The van der Waals surface area contributed by atoms with Crippen molar-refractivity contribution in [3.63, 3.8) is 0 Å². The Morgan fingerprint density at radius 2 is 1.53 bits per heavy atom. The Kier molecular flexibility index (Phi) is 6.70. The van der Waals surface area contributed by atoms with E-state index in [1.165, 1.54) is 5.56 Å². The second-order valence-corrected chi connectivity index (χ2v) is 7.47. The molecule has 1 aliphatic rings. The van der Waals surface area contributed by atoms with Gasteiger partial charge >= 0.3 is 0 Å². The largest absolute Gasteiger partial charge is 0.494 e. The van der Waals surface area contributed by atoms with Gasteiger partial charge in [-0.25, -0.2) is 5.43 Å². The molecule has 1 amide bonds. The first-order valence-corrected chi connectivity index (χ1v) is 10.8. The van der Waals surface area contributed by atoms with Crippen molar-refractivity contribution in [3.8, 4) is 11.5 Å². The molecule has 0 aliphatic carbocycles. The summed E-state index contributed by atoms with van der Waals surface area (Å²) in [5, 5.41) is 4.09. The molecule has 164 valence electrons. The average Bonchev–Trinajstić information content (AvgIpc) is 3.24. The van der Waals surface area contributed by atoms with Gasteiger partial charge in [-0.2, -0.15) is 5.10 Å². The molecule has 6 heteroatoms. The minimum Gasteiger partial charge on any atom is -0.494 e. The van der Waals surface area contributed by atoms with E-state index in [9.17, 15) is 4.79 Å². The van der Waals surface area contributed by atoms with Crippen molar-refractivity contribution in [2.24, 2.45) is 5.10 Å². The van der Waals surface area contributed by atoms with E-state index in [0.717, 1.165) is 41.4 Å². The maximum absolute atomic E-state index is 12.6. The van der Waals surface area contributed by atoms with E-state index < -0.39 is 0 Å². The molecular weight excluding hydrogens is 402 g/mol. The lowest BCUT2D eigenvalue weighted by Gasteiger charge is -2.18. The van der Waals surface area contributed by atoms with E-state index in [2.05, 4.69) is 27.6 Å². The molecule has 0 saturated heterocycles. The van der Waals surface area contributed by atoms with E-state index in [4.69, 9.17) is 9.47 Å². The number of benzene rings is 3. The number of rotatable bonds is 8. The summed E-state index contributed by atoms with van der Waals surface area (Å²) < 4.78 is 10.9. The van der Waals surface area contributed by atoms with Crippen molar-refractivity contribution >= 4 is 17.8 Å². The minimum absolute atomic E-state index is 0.227. The summed E-state index contributed by atoms with van der Waals surface area (Å²) in [6, 6.07) is 21.5. The number of nitrogens with zero attached hydrogens (tertiary/aromatic N) is 2. The van der Waals surface area contributed by atoms with Crippen LogP contribution in [0.2, 0.25) is 0 Å². The quantitative estimate of drug-likeness (QED) is 0.414. The first-order chi connectivity index (χ1) is 15.7. The first-order valence-electron chi connectivity index (χ1n) is 10.8. The number of fused-ring (bicyclic) bond motifs is 1. The molecule has 3 aromatic rings. The maximum atomic E-state index is 12.6. The fourth-order valence-electron chi connectivity index (χ4n) is 3.68. The molecule has 4 rings (SSSR count). The Hall–Kier alpha value is -3.80. The van der Waals surface area contributed by atoms with Crippen LogP contribution in [0.5, 0.6) is 11.5 Å². The summed E-state index contributed by atoms with van der Waals surface area (Å²) in [7, 11) is 0. The lowest BCUT2D eigenvalue weighted by Crippen LogP contribution is -2.17. The van der Waals surface area contributed by atoms with Gasteiger partial charge in [0.05, 0.1) is 19.4 Å². The van der Waals surface area contributed by atoms with Gasteiger partial charge < -0.3 is 14.4 Å². The van der Waals surface area contributed by atoms with E-state index >= 15 is 0 Å². The molecule has 0 atom stereocenters. The van der Waals surface area contributed by atoms with Gasteiger partial charge in [-0.3, -0.25) is 4.79 Å². The topological polar surface area (TPSA) is 63.2 Å². The Morgan fingerprint density at radius 1 is 0.906 bits per heavy atom. The molecule has 0 fully saturated rings. The molecule has 0 spiro atoms. The highest BCUT2D eigenvalue weighted by Crippen LogP contribution is 2.30. The minimum atomic E-state index is -0.227. The Bertz CT molecular complexity index is 1090. The highest BCUT2D eigenvalue weighted by Gasteiger charge is 2.20. The monoisotopic (exact) mass is 429 g/mol. The molecule has 32 heavy (non-hydrogen) atoms. The fraction of sp³-hybridized carbons (Fsp3) is 0.231. The van der Waals surface area contributed by atoms with Gasteiger partial charge in [-0.05, 0) is 91.2 Å². The zero-order valence-corrected chi connectivity index (χ0v) is 18.4. The summed E-state index contributed by atoms with van der Waals surface area (Å²) in [5.41, 5.74) is 7.61. The number of hydrogen-bond donors (Lipinski definition) is 1. The van der Waals surface area contributed by atoms with Gasteiger partial charge in [0, 0.05) is 24.3 Å². The van der Waals surface area contributed by atoms with Crippen LogP contribution in [0.3, 0.4) is 0 Å². The second kappa shape index (κ2) is 10.0. The van der Waals surface area contributed by atoms with Crippen molar-refractivity contribution in [3.05, 3.63) is 89.0 Å². The molecule has 0 bridgehead atoms. The predicted molar refractivity (Wildman–Crippen MR) is 127 cm³/mol. The molecule has 0 saturated carbocycles. The van der Waals surface area contributed by atoms with Crippen LogP contribution in [0.4, 0.5) is 5.69 Å². The van der Waals surface area contributed by atoms with Crippen LogP contribution < -0.4 is 19.8 Å². The lowest BCUT2D eigenvalue weighted by atomic mass is 10.1. The second-order valence-electron chi connectivity index (χ2n) is 7.47. The number of anilines is 1. The standard InChI is InChI=1S/C26H27N3O3/c1-3-31-24-11-5-19(6-12-24)16-27-28-26(30)20-7-8-21-17-29(18-22(21)15-20)23-9-13-25(14-10-23)32-4-2/h5-16H,3-4,17-18H2,1-2H3,(H,28,30)/b27-16-. The predicted octanol–water partition coefficient (Wildman–Crippen LogP) is 4.77. The number of carbonyl (C=O) groups excluding carboxylic acids is 1. The molecule has 0 aromatic heterocycles. The molecule has 3 aromatic carbocycles. The third-order valence-electron chi connectivity index (χ3n) is 5.27. The first kappa shape index (κ1) is 21.4. The van der Waals surface area contributed by atoms with Crippen LogP contribution in [-0.2, 0) is 13.1 Å². The number of ether oxygens (including phenoxy) is 2. The molecular formula is C26H27N3O3. The summed E-state index contributed by atoms with van der Waals surface area (Å²) >= 11 is 0. The van der Waals surface area contributed by atoms with Crippen LogP contribution in [-0.4, -0.2) is 25.3 Å². The molecule has 1 heterocycles. The van der Waals surface area contributed by atoms with Crippen LogP contribution in [0.25, 0.3) is 0 Å². The van der Waals surface area contributed by atoms with E-state index in [1.807, 2.05) is 68.4 Å². The molecule has 6 nitrogen and oxygen atoms in total. The summed E-state index contributed by atoms with van der Waals surface area (Å²) in [5.74, 6) is 1.46. The van der Waals surface area contributed by atoms with Gasteiger partial charge in [0.15, 0.2) is 0 Å². The highest BCUT2D eigenvalue weighted by molar-refractivity contribution is 5.95. The Balaban J connectivity index is 1.36. The summed E-state index contributed by atoms with van der Waals surface area (Å²) in [6.07, 6.45) is 1.62.